The number of carboxylic acid groups (broad SMARTS) is 1. The highest BCUT2D eigenvalue weighted by molar-refractivity contribution is 5.89. The van der Waals surface area contributed by atoms with E-state index in [2.05, 4.69) is 25.7 Å². The monoisotopic (exact) mass is 442 g/mol. The molecular formula is C21H17F3N6O2. The Labute approximate surface area is 180 Å². The van der Waals surface area contributed by atoms with Gasteiger partial charge < -0.3 is 10.4 Å². The summed E-state index contributed by atoms with van der Waals surface area (Å²) < 4.78 is 39.5. The number of aromatic nitrogens is 3. The van der Waals surface area contributed by atoms with Gasteiger partial charge in [0.2, 0.25) is 5.95 Å². The van der Waals surface area contributed by atoms with Crippen LogP contribution < -0.4 is 15.8 Å². The summed E-state index contributed by atoms with van der Waals surface area (Å²) in [4.78, 5) is 23.9. The Balaban J connectivity index is 1.75. The number of hydrazine groups is 1. The van der Waals surface area contributed by atoms with Crippen molar-refractivity contribution in [3.05, 3.63) is 72.3 Å². The Morgan fingerprint density at radius 1 is 1.22 bits per heavy atom. The zero-order valence-corrected chi connectivity index (χ0v) is 16.6. The molecule has 1 aliphatic rings. The third-order valence-electron chi connectivity index (χ3n) is 4.63. The van der Waals surface area contributed by atoms with E-state index in [-0.39, 0.29) is 17.3 Å². The van der Waals surface area contributed by atoms with E-state index in [1.54, 1.807) is 6.07 Å². The second kappa shape index (κ2) is 8.27. The molecule has 11 heteroatoms. The molecule has 2 aromatic heterocycles. The van der Waals surface area contributed by atoms with Gasteiger partial charge in [0.15, 0.2) is 5.82 Å². The largest absolute Gasteiger partial charge is 0.478 e. The van der Waals surface area contributed by atoms with E-state index in [0.29, 0.717) is 16.8 Å². The third kappa shape index (κ3) is 4.52. The Hall–Kier alpha value is -3.99. The van der Waals surface area contributed by atoms with Gasteiger partial charge >= 0.3 is 12.1 Å². The molecule has 0 aliphatic carbocycles. The van der Waals surface area contributed by atoms with Gasteiger partial charge in [-0.1, -0.05) is 12.1 Å². The number of carboxylic acids is 1. The minimum Gasteiger partial charge on any atom is -0.478 e. The van der Waals surface area contributed by atoms with E-state index in [1.165, 1.54) is 30.9 Å². The fraction of sp³-hybridized carbons (Fsp3) is 0.143. The first-order valence-corrected chi connectivity index (χ1v) is 9.40. The molecule has 3 heterocycles. The molecule has 0 saturated heterocycles. The molecule has 32 heavy (non-hydrogen) atoms. The zero-order chi connectivity index (χ0) is 22.9. The number of rotatable bonds is 5. The maximum atomic E-state index is 13.2. The summed E-state index contributed by atoms with van der Waals surface area (Å²) in [5, 5.41) is 13.4. The van der Waals surface area contributed by atoms with Crippen LogP contribution in [-0.2, 0) is 0 Å². The minimum absolute atomic E-state index is 0.0755. The molecule has 0 amide bonds. The topological polar surface area (TPSA) is 103 Å². The van der Waals surface area contributed by atoms with Crippen molar-refractivity contribution in [2.24, 2.45) is 0 Å². The fourth-order valence-corrected chi connectivity index (χ4v) is 3.10. The molecule has 1 atom stereocenters. The van der Waals surface area contributed by atoms with Crippen LogP contribution in [-0.4, -0.2) is 38.2 Å². The number of halogens is 3. The summed E-state index contributed by atoms with van der Waals surface area (Å²) in [5.74, 6) is -0.930. The number of aryl methyl sites for hydroxylation is 1. The number of pyridine rings is 1. The van der Waals surface area contributed by atoms with Crippen LogP contribution in [0.25, 0.3) is 11.1 Å². The van der Waals surface area contributed by atoms with Crippen molar-refractivity contribution in [1.29, 1.82) is 0 Å². The first-order valence-electron chi connectivity index (χ1n) is 9.40. The van der Waals surface area contributed by atoms with Gasteiger partial charge in [0.25, 0.3) is 0 Å². The number of anilines is 3. The standard InChI is InChI=1S/C21H17F3N6O2/c1-12-3-2-4-15(7-12)27-20-26-11-16(13-8-14(19(31)32)10-25-9-13)18(28-20)30-6-5-17(29-30)21(22,23)24/h2-11,17,29H,1H3,(H,31,32)(H,26,27,28). The quantitative estimate of drug-likeness (QED) is 0.544. The number of aromatic carboxylic acids is 1. The van der Waals surface area contributed by atoms with E-state index in [0.717, 1.165) is 16.6 Å². The van der Waals surface area contributed by atoms with Gasteiger partial charge in [-0.25, -0.2) is 15.2 Å². The van der Waals surface area contributed by atoms with Crippen LogP contribution >= 0.6 is 0 Å². The van der Waals surface area contributed by atoms with Crippen LogP contribution in [0.1, 0.15) is 15.9 Å². The van der Waals surface area contributed by atoms with Crippen molar-refractivity contribution in [1.82, 2.24) is 20.4 Å². The Morgan fingerprint density at radius 3 is 2.72 bits per heavy atom. The molecule has 4 rings (SSSR count). The maximum Gasteiger partial charge on any atom is 0.409 e. The molecular weight excluding hydrogens is 425 g/mol. The molecule has 3 aromatic rings. The molecule has 0 radical (unpaired) electrons. The van der Waals surface area contributed by atoms with Gasteiger partial charge in [-0.15, -0.1) is 0 Å². The first-order chi connectivity index (χ1) is 15.2. The number of benzene rings is 1. The van der Waals surface area contributed by atoms with Crippen LogP contribution in [0.15, 0.2) is 61.2 Å². The Bertz CT molecular complexity index is 1200. The van der Waals surface area contributed by atoms with Crippen molar-refractivity contribution in [3.63, 3.8) is 0 Å². The summed E-state index contributed by atoms with van der Waals surface area (Å²) in [5.41, 5.74) is 4.61. The van der Waals surface area contributed by atoms with Crippen LogP contribution in [0, 0.1) is 6.92 Å². The molecule has 164 valence electrons. The van der Waals surface area contributed by atoms with Gasteiger partial charge in [-0.3, -0.25) is 9.99 Å². The highest BCUT2D eigenvalue weighted by atomic mass is 19.4. The lowest BCUT2D eigenvalue weighted by Gasteiger charge is -2.23. The van der Waals surface area contributed by atoms with Gasteiger partial charge in [0, 0.05) is 41.6 Å². The van der Waals surface area contributed by atoms with Gasteiger partial charge in [-0.05, 0) is 36.8 Å². The zero-order valence-electron chi connectivity index (χ0n) is 16.6. The van der Waals surface area contributed by atoms with Crippen LogP contribution in [0.3, 0.4) is 0 Å². The number of carbonyl (C=O) groups is 1. The Morgan fingerprint density at radius 2 is 2.03 bits per heavy atom. The third-order valence-corrected chi connectivity index (χ3v) is 4.63. The summed E-state index contributed by atoms with van der Waals surface area (Å²) in [6.07, 6.45) is 1.66. The maximum absolute atomic E-state index is 13.2. The van der Waals surface area contributed by atoms with E-state index in [4.69, 9.17) is 0 Å². The highest BCUT2D eigenvalue weighted by Gasteiger charge is 2.41. The smallest absolute Gasteiger partial charge is 0.409 e. The van der Waals surface area contributed by atoms with E-state index >= 15 is 0 Å². The number of alkyl halides is 3. The molecule has 0 bridgehead atoms. The van der Waals surface area contributed by atoms with E-state index < -0.39 is 18.2 Å². The van der Waals surface area contributed by atoms with Crippen LogP contribution in [0.2, 0.25) is 0 Å². The number of nitrogens with one attached hydrogen (secondary N) is 2. The second-order valence-electron chi connectivity index (χ2n) is 7.05. The lowest BCUT2D eigenvalue weighted by Crippen LogP contribution is -2.44. The molecule has 0 spiro atoms. The Kier molecular flexibility index (Phi) is 5.49. The van der Waals surface area contributed by atoms with Crippen LogP contribution in [0.4, 0.5) is 30.6 Å². The molecule has 0 saturated carbocycles. The van der Waals surface area contributed by atoms with Crippen molar-refractivity contribution >= 4 is 23.4 Å². The number of hydrogen-bond donors (Lipinski definition) is 3. The SMILES string of the molecule is Cc1cccc(Nc2ncc(-c3cncc(C(=O)O)c3)c(N3C=CC(C(F)(F)F)N3)n2)c1. The lowest BCUT2D eigenvalue weighted by molar-refractivity contribution is -0.142. The van der Waals surface area contributed by atoms with Crippen molar-refractivity contribution in [3.8, 4) is 11.1 Å². The number of hydrogen-bond acceptors (Lipinski definition) is 7. The molecule has 1 unspecified atom stereocenters. The average molecular weight is 442 g/mol. The summed E-state index contributed by atoms with van der Waals surface area (Å²) in [6.45, 7) is 1.92. The van der Waals surface area contributed by atoms with E-state index in [1.807, 2.05) is 25.1 Å². The van der Waals surface area contributed by atoms with Gasteiger partial charge in [-0.2, -0.15) is 18.2 Å². The second-order valence-corrected chi connectivity index (χ2v) is 7.05. The molecule has 0 fully saturated rings. The summed E-state index contributed by atoms with van der Waals surface area (Å²) >= 11 is 0. The number of nitrogens with zero attached hydrogens (tertiary/aromatic N) is 4. The summed E-state index contributed by atoms with van der Waals surface area (Å²) in [7, 11) is 0. The van der Waals surface area contributed by atoms with Crippen LogP contribution in [0.5, 0.6) is 0 Å². The molecule has 1 aliphatic heterocycles. The van der Waals surface area contributed by atoms with Crippen molar-refractivity contribution in [2.75, 3.05) is 10.3 Å². The predicted molar refractivity (Wildman–Crippen MR) is 111 cm³/mol. The highest BCUT2D eigenvalue weighted by Crippen LogP contribution is 2.33. The lowest BCUT2D eigenvalue weighted by atomic mass is 10.1. The fourth-order valence-electron chi connectivity index (χ4n) is 3.10. The normalized spacial score (nSPS) is 15.8. The van der Waals surface area contributed by atoms with Gasteiger partial charge in [0.05, 0.1) is 5.56 Å². The average Bonchev–Trinajstić information content (AvgIpc) is 3.25. The van der Waals surface area contributed by atoms with Crippen molar-refractivity contribution in [2.45, 2.75) is 19.1 Å². The predicted octanol–water partition coefficient (Wildman–Crippen LogP) is 4.06. The molecule has 3 N–H and O–H groups in total. The first kappa shape index (κ1) is 21.2. The minimum atomic E-state index is -4.49. The summed E-state index contributed by atoms with van der Waals surface area (Å²) in [6, 6.07) is 6.89. The van der Waals surface area contributed by atoms with E-state index in [9.17, 15) is 23.1 Å². The molecule has 1 aromatic carbocycles. The van der Waals surface area contributed by atoms with Crippen molar-refractivity contribution < 1.29 is 23.1 Å². The molecule has 8 nitrogen and oxygen atoms in total. The van der Waals surface area contributed by atoms with Gasteiger partial charge in [0.1, 0.15) is 6.04 Å².